The quantitative estimate of drug-likeness (QED) is 0.575. The maximum Gasteiger partial charge on any atom is 0.357 e. The van der Waals surface area contributed by atoms with Gasteiger partial charge in [-0.05, 0) is 13.0 Å². The maximum atomic E-state index is 10.9. The number of carbonyl (C=O) groups is 1. The second-order valence-corrected chi connectivity index (χ2v) is 3.71. The van der Waals surface area contributed by atoms with E-state index in [-0.39, 0.29) is 5.71 Å². The standard InChI is InChI=1S/C6H8N2O4S/c1-4-3-5(6(9)12-2)8-13(10,11)7-4/h3,7H,1-2H3. The minimum absolute atomic E-state index is 0.223. The molecule has 0 unspecified atom stereocenters. The molecule has 6 nitrogen and oxygen atoms in total. The molecule has 1 rings (SSSR count). The van der Waals surface area contributed by atoms with E-state index < -0.39 is 16.2 Å². The van der Waals surface area contributed by atoms with Gasteiger partial charge in [0, 0.05) is 5.70 Å². The van der Waals surface area contributed by atoms with E-state index >= 15 is 0 Å². The van der Waals surface area contributed by atoms with Crippen molar-refractivity contribution in [3.05, 3.63) is 11.8 Å². The zero-order valence-corrected chi connectivity index (χ0v) is 7.88. The van der Waals surface area contributed by atoms with E-state index in [1.807, 2.05) is 0 Å². The molecule has 7 heteroatoms. The molecule has 1 aliphatic heterocycles. The van der Waals surface area contributed by atoms with Gasteiger partial charge in [-0.3, -0.25) is 4.72 Å². The van der Waals surface area contributed by atoms with Crippen molar-refractivity contribution in [1.82, 2.24) is 4.72 Å². The number of carbonyl (C=O) groups excluding carboxylic acids is 1. The van der Waals surface area contributed by atoms with Gasteiger partial charge in [0.15, 0.2) is 5.71 Å². The molecule has 0 saturated heterocycles. The van der Waals surface area contributed by atoms with E-state index in [4.69, 9.17) is 0 Å². The Morgan fingerprint density at radius 2 is 2.23 bits per heavy atom. The van der Waals surface area contributed by atoms with Crippen LogP contribution in [0.1, 0.15) is 6.92 Å². The lowest BCUT2D eigenvalue weighted by Crippen LogP contribution is -2.28. The molecular weight excluding hydrogens is 196 g/mol. The molecule has 0 spiro atoms. The summed E-state index contributed by atoms with van der Waals surface area (Å²) in [5, 5.41) is 0. The summed E-state index contributed by atoms with van der Waals surface area (Å²) in [5.74, 6) is -0.774. The highest BCUT2D eigenvalue weighted by Gasteiger charge is 2.20. The highest BCUT2D eigenvalue weighted by Crippen LogP contribution is 2.04. The largest absolute Gasteiger partial charge is 0.464 e. The van der Waals surface area contributed by atoms with Crippen LogP contribution in [0.15, 0.2) is 16.2 Å². The Balaban J connectivity index is 3.11. The normalized spacial score (nSPS) is 19.5. The van der Waals surface area contributed by atoms with Crippen LogP contribution in [0.4, 0.5) is 0 Å². The SMILES string of the molecule is COC(=O)C1=NS(=O)(=O)NC(C)=C1. The summed E-state index contributed by atoms with van der Waals surface area (Å²) < 4.78 is 31.5. The molecule has 0 radical (unpaired) electrons. The number of rotatable bonds is 1. The summed E-state index contributed by atoms with van der Waals surface area (Å²) in [7, 11) is -2.61. The average Bonchev–Trinajstić information content (AvgIpc) is 1.99. The Kier molecular flexibility index (Phi) is 2.37. The van der Waals surface area contributed by atoms with Crippen molar-refractivity contribution < 1.29 is 17.9 Å². The second kappa shape index (κ2) is 3.17. The molecule has 0 atom stereocenters. The lowest BCUT2D eigenvalue weighted by atomic mass is 10.3. The first kappa shape index (κ1) is 9.72. The van der Waals surface area contributed by atoms with Gasteiger partial charge in [0.2, 0.25) is 0 Å². The van der Waals surface area contributed by atoms with Gasteiger partial charge in [-0.1, -0.05) is 0 Å². The van der Waals surface area contributed by atoms with Gasteiger partial charge >= 0.3 is 16.2 Å². The number of hydrogen-bond donors (Lipinski definition) is 1. The molecule has 0 aromatic carbocycles. The molecule has 0 amide bonds. The lowest BCUT2D eigenvalue weighted by molar-refractivity contribution is -0.132. The first-order valence-corrected chi connectivity index (χ1v) is 4.78. The molecule has 1 N–H and O–H groups in total. The molecule has 1 heterocycles. The Morgan fingerprint density at radius 1 is 1.62 bits per heavy atom. The van der Waals surface area contributed by atoms with Crippen molar-refractivity contribution >= 4 is 21.9 Å². The zero-order chi connectivity index (χ0) is 10.1. The van der Waals surface area contributed by atoms with Gasteiger partial charge < -0.3 is 4.74 Å². The predicted molar refractivity (Wildman–Crippen MR) is 45.3 cm³/mol. The summed E-state index contributed by atoms with van der Waals surface area (Å²) >= 11 is 0. The number of methoxy groups -OCH3 is 1. The molecule has 13 heavy (non-hydrogen) atoms. The molecule has 0 fully saturated rings. The summed E-state index contributed by atoms with van der Waals surface area (Å²) in [6.07, 6.45) is 1.30. The van der Waals surface area contributed by atoms with E-state index in [0.29, 0.717) is 5.70 Å². The van der Waals surface area contributed by atoms with Crippen LogP contribution in [0.25, 0.3) is 0 Å². The number of nitrogens with zero attached hydrogens (tertiary/aromatic N) is 1. The van der Waals surface area contributed by atoms with Crippen LogP contribution in [0, 0.1) is 0 Å². The van der Waals surface area contributed by atoms with Gasteiger partial charge in [0.25, 0.3) is 0 Å². The second-order valence-electron chi connectivity index (χ2n) is 2.37. The van der Waals surface area contributed by atoms with Gasteiger partial charge in [-0.2, -0.15) is 8.42 Å². The average molecular weight is 204 g/mol. The van der Waals surface area contributed by atoms with Crippen molar-refractivity contribution in [3.63, 3.8) is 0 Å². The van der Waals surface area contributed by atoms with E-state index in [9.17, 15) is 13.2 Å². The van der Waals surface area contributed by atoms with Gasteiger partial charge in [0.05, 0.1) is 7.11 Å². The summed E-state index contributed by atoms with van der Waals surface area (Å²) in [6.45, 7) is 1.51. The van der Waals surface area contributed by atoms with Crippen LogP contribution in [0.5, 0.6) is 0 Å². The van der Waals surface area contributed by atoms with Crippen molar-refractivity contribution in [2.24, 2.45) is 4.40 Å². The smallest absolute Gasteiger partial charge is 0.357 e. The van der Waals surface area contributed by atoms with Crippen molar-refractivity contribution in [3.8, 4) is 0 Å². The first-order chi connectivity index (χ1) is 5.94. The topological polar surface area (TPSA) is 84.8 Å². The minimum Gasteiger partial charge on any atom is -0.464 e. The Bertz CT molecular complexity index is 393. The minimum atomic E-state index is -3.77. The van der Waals surface area contributed by atoms with Crippen molar-refractivity contribution in [2.75, 3.05) is 7.11 Å². The third kappa shape index (κ3) is 2.28. The molecule has 0 saturated carbocycles. The van der Waals surface area contributed by atoms with E-state index in [2.05, 4.69) is 13.9 Å². The molecule has 0 aromatic rings. The lowest BCUT2D eigenvalue weighted by Gasteiger charge is -2.10. The number of allylic oxidation sites excluding steroid dienone is 1. The van der Waals surface area contributed by atoms with Gasteiger partial charge in [0.1, 0.15) is 0 Å². The third-order valence-corrected chi connectivity index (χ3v) is 2.27. The fraction of sp³-hybridized carbons (Fsp3) is 0.333. The first-order valence-electron chi connectivity index (χ1n) is 3.34. The highest BCUT2D eigenvalue weighted by atomic mass is 32.2. The van der Waals surface area contributed by atoms with Gasteiger partial charge in [-0.25, -0.2) is 4.79 Å². The number of hydrogen-bond acceptors (Lipinski definition) is 4. The molecule has 72 valence electrons. The van der Waals surface area contributed by atoms with Crippen LogP contribution < -0.4 is 4.72 Å². The number of nitrogens with one attached hydrogen (secondary N) is 1. The molecule has 0 aromatic heterocycles. The zero-order valence-electron chi connectivity index (χ0n) is 7.07. The molecule has 0 bridgehead atoms. The fourth-order valence-corrected chi connectivity index (χ4v) is 1.72. The van der Waals surface area contributed by atoms with E-state index in [1.54, 1.807) is 0 Å². The predicted octanol–water partition coefficient (Wildman–Crippen LogP) is -0.648. The third-order valence-electron chi connectivity index (χ3n) is 1.26. The monoisotopic (exact) mass is 204 g/mol. The fourth-order valence-electron chi connectivity index (χ4n) is 0.817. The molecule has 1 aliphatic rings. The molecular formula is C6H8N2O4S. The Hall–Kier alpha value is -1.37. The number of ether oxygens (including phenoxy) is 1. The van der Waals surface area contributed by atoms with Crippen LogP contribution in [0.3, 0.4) is 0 Å². The Morgan fingerprint density at radius 3 is 2.69 bits per heavy atom. The van der Waals surface area contributed by atoms with Crippen LogP contribution in [-0.2, 0) is 19.7 Å². The van der Waals surface area contributed by atoms with Crippen molar-refractivity contribution in [1.29, 1.82) is 0 Å². The maximum absolute atomic E-state index is 10.9. The number of esters is 1. The summed E-state index contributed by atoms with van der Waals surface area (Å²) in [5.41, 5.74) is 0.106. The highest BCUT2D eigenvalue weighted by molar-refractivity contribution is 7.88. The van der Waals surface area contributed by atoms with E-state index in [0.717, 1.165) is 7.11 Å². The van der Waals surface area contributed by atoms with Crippen LogP contribution in [-0.4, -0.2) is 27.2 Å². The van der Waals surface area contributed by atoms with Crippen LogP contribution >= 0.6 is 0 Å². The van der Waals surface area contributed by atoms with E-state index in [1.165, 1.54) is 13.0 Å². The Labute approximate surface area is 75.5 Å². The van der Waals surface area contributed by atoms with Crippen molar-refractivity contribution in [2.45, 2.75) is 6.92 Å². The summed E-state index contributed by atoms with van der Waals surface area (Å²) in [6, 6.07) is 0. The molecule has 0 aliphatic carbocycles. The summed E-state index contributed by atoms with van der Waals surface area (Å²) in [4.78, 5) is 10.9. The van der Waals surface area contributed by atoms with Crippen LogP contribution in [0.2, 0.25) is 0 Å². The van der Waals surface area contributed by atoms with Gasteiger partial charge in [-0.15, -0.1) is 4.40 Å².